The van der Waals surface area contributed by atoms with E-state index in [1.54, 1.807) is 30.0 Å². The third kappa shape index (κ3) is 6.09. The van der Waals surface area contributed by atoms with Crippen LogP contribution in [0.25, 0.3) is 0 Å². The molecule has 0 aliphatic rings. The Labute approximate surface area is 192 Å². The zero-order valence-electron chi connectivity index (χ0n) is 17.2. The Morgan fingerprint density at radius 3 is 2.19 bits per heavy atom. The summed E-state index contributed by atoms with van der Waals surface area (Å²) in [4.78, 5) is 27.9. The van der Waals surface area contributed by atoms with E-state index in [1.165, 1.54) is 0 Å². The molecule has 0 aliphatic carbocycles. The maximum absolute atomic E-state index is 13.4. The van der Waals surface area contributed by atoms with Crippen LogP contribution >= 0.6 is 23.2 Å². The molecular formula is C25H24Cl2N2O2. The van der Waals surface area contributed by atoms with E-state index in [4.69, 9.17) is 23.2 Å². The van der Waals surface area contributed by atoms with Crippen molar-refractivity contribution in [1.82, 2.24) is 10.2 Å². The van der Waals surface area contributed by atoms with E-state index in [2.05, 4.69) is 5.32 Å². The lowest BCUT2D eigenvalue weighted by Crippen LogP contribution is -2.43. The van der Waals surface area contributed by atoms with Gasteiger partial charge in [0.15, 0.2) is 0 Å². The minimum Gasteiger partial charge on any atom is -0.350 e. The second-order valence-corrected chi connectivity index (χ2v) is 7.97. The highest BCUT2D eigenvalue weighted by atomic mass is 35.5. The van der Waals surface area contributed by atoms with Crippen molar-refractivity contribution in [3.8, 4) is 0 Å². The number of rotatable bonds is 8. The summed E-state index contributed by atoms with van der Waals surface area (Å²) in [5, 5.41) is 3.96. The monoisotopic (exact) mass is 454 g/mol. The molecule has 0 fully saturated rings. The first-order valence-electron chi connectivity index (χ1n) is 10.1. The molecule has 0 unspecified atom stereocenters. The lowest BCUT2D eigenvalue weighted by atomic mass is 10.0. The molecule has 0 aliphatic heterocycles. The number of hydrogen-bond acceptors (Lipinski definition) is 2. The summed E-state index contributed by atoms with van der Waals surface area (Å²) in [6, 6.07) is 23.4. The number of amides is 2. The number of nitrogens with one attached hydrogen (secondary N) is 1. The van der Waals surface area contributed by atoms with Crippen molar-refractivity contribution < 1.29 is 9.59 Å². The number of carbonyl (C=O) groups is 2. The van der Waals surface area contributed by atoms with E-state index in [-0.39, 0.29) is 18.4 Å². The van der Waals surface area contributed by atoms with Crippen molar-refractivity contribution >= 4 is 35.0 Å². The number of carbonyl (C=O) groups excluding carboxylic acids is 2. The fourth-order valence-corrected chi connectivity index (χ4v) is 3.83. The summed E-state index contributed by atoms with van der Waals surface area (Å²) in [6.07, 6.45) is 0.298. The van der Waals surface area contributed by atoms with Crippen LogP contribution in [0.15, 0.2) is 78.9 Å². The van der Waals surface area contributed by atoms with Crippen molar-refractivity contribution in [1.29, 1.82) is 0 Å². The van der Waals surface area contributed by atoms with Crippen molar-refractivity contribution in [2.45, 2.75) is 32.5 Å². The number of halogens is 2. The van der Waals surface area contributed by atoms with Crippen molar-refractivity contribution in [3.05, 3.63) is 106 Å². The molecule has 31 heavy (non-hydrogen) atoms. The molecule has 0 radical (unpaired) electrons. The van der Waals surface area contributed by atoms with Crippen LogP contribution in [-0.2, 0) is 22.7 Å². The van der Waals surface area contributed by atoms with Crippen LogP contribution in [0.5, 0.6) is 0 Å². The Kier molecular flexibility index (Phi) is 8.10. The van der Waals surface area contributed by atoms with Gasteiger partial charge in [-0.3, -0.25) is 9.59 Å². The van der Waals surface area contributed by atoms with E-state index in [9.17, 15) is 9.59 Å². The van der Waals surface area contributed by atoms with Gasteiger partial charge in [0.05, 0.1) is 0 Å². The quantitative estimate of drug-likeness (QED) is 0.468. The molecule has 0 saturated carbocycles. The zero-order valence-corrected chi connectivity index (χ0v) is 18.7. The average Bonchev–Trinajstić information content (AvgIpc) is 2.79. The minimum absolute atomic E-state index is 0.0996. The third-order valence-corrected chi connectivity index (χ3v) is 5.55. The Hall–Kier alpha value is -2.82. The summed E-state index contributed by atoms with van der Waals surface area (Å²) in [5.74, 6) is -0.368. The van der Waals surface area contributed by atoms with Gasteiger partial charge in [0.25, 0.3) is 0 Å². The molecule has 0 heterocycles. The number of hydrogen-bond donors (Lipinski definition) is 1. The molecule has 0 bridgehead atoms. The zero-order chi connectivity index (χ0) is 22.2. The van der Waals surface area contributed by atoms with Gasteiger partial charge in [-0.1, -0.05) is 96.9 Å². The van der Waals surface area contributed by atoms with Crippen LogP contribution in [-0.4, -0.2) is 16.7 Å². The fraction of sp³-hybridized carbons (Fsp3) is 0.200. The topological polar surface area (TPSA) is 49.4 Å². The molecule has 6 heteroatoms. The molecule has 0 spiro atoms. The summed E-state index contributed by atoms with van der Waals surface area (Å²) in [7, 11) is 0. The standard InChI is InChI=1S/C25H24Cl2N2O2/c1-2-23(30)29(17-18-9-5-3-6-10-18)24(19-11-7-4-8-12-19)25(31)28-16-20-13-14-21(26)15-22(20)27/h3-15,24H,2,16-17H2,1H3,(H,28,31)/t24-/m0/s1. The highest BCUT2D eigenvalue weighted by molar-refractivity contribution is 6.35. The van der Waals surface area contributed by atoms with E-state index in [1.807, 2.05) is 60.7 Å². The lowest BCUT2D eigenvalue weighted by molar-refractivity contribution is -0.141. The van der Waals surface area contributed by atoms with Crippen LogP contribution < -0.4 is 5.32 Å². The van der Waals surface area contributed by atoms with Gasteiger partial charge in [0, 0.05) is 29.6 Å². The average molecular weight is 455 g/mol. The Balaban J connectivity index is 1.90. The Morgan fingerprint density at radius 2 is 1.58 bits per heavy atom. The van der Waals surface area contributed by atoms with E-state index in [0.29, 0.717) is 23.0 Å². The van der Waals surface area contributed by atoms with Crippen LogP contribution in [0.4, 0.5) is 0 Å². The van der Waals surface area contributed by atoms with Gasteiger partial charge in [-0.15, -0.1) is 0 Å². The minimum atomic E-state index is -0.764. The highest BCUT2D eigenvalue weighted by Gasteiger charge is 2.30. The van der Waals surface area contributed by atoms with E-state index < -0.39 is 6.04 Å². The molecule has 1 atom stereocenters. The van der Waals surface area contributed by atoms with Crippen molar-refractivity contribution in [3.63, 3.8) is 0 Å². The molecule has 1 N–H and O–H groups in total. The van der Waals surface area contributed by atoms with Gasteiger partial charge in [-0.05, 0) is 28.8 Å². The van der Waals surface area contributed by atoms with Gasteiger partial charge >= 0.3 is 0 Å². The number of nitrogens with zero attached hydrogens (tertiary/aromatic N) is 1. The maximum Gasteiger partial charge on any atom is 0.247 e. The Bertz CT molecular complexity index is 1030. The molecule has 3 aromatic carbocycles. The van der Waals surface area contributed by atoms with Gasteiger partial charge in [0.2, 0.25) is 11.8 Å². The smallest absolute Gasteiger partial charge is 0.247 e. The largest absolute Gasteiger partial charge is 0.350 e. The summed E-state index contributed by atoms with van der Waals surface area (Å²) < 4.78 is 0. The van der Waals surface area contributed by atoms with Gasteiger partial charge in [0.1, 0.15) is 6.04 Å². The fourth-order valence-electron chi connectivity index (χ4n) is 3.36. The van der Waals surface area contributed by atoms with Gasteiger partial charge in [-0.2, -0.15) is 0 Å². The van der Waals surface area contributed by atoms with Crippen molar-refractivity contribution in [2.75, 3.05) is 0 Å². The van der Waals surface area contributed by atoms with Crippen LogP contribution in [0.2, 0.25) is 10.0 Å². The highest BCUT2D eigenvalue weighted by Crippen LogP contribution is 2.26. The second-order valence-electron chi connectivity index (χ2n) is 7.13. The molecule has 2 amide bonds. The molecule has 3 aromatic rings. The first-order valence-corrected chi connectivity index (χ1v) is 10.8. The van der Waals surface area contributed by atoms with Crippen LogP contribution in [0.3, 0.4) is 0 Å². The van der Waals surface area contributed by atoms with Gasteiger partial charge in [-0.25, -0.2) is 0 Å². The predicted molar refractivity (Wildman–Crippen MR) is 125 cm³/mol. The molecule has 0 aromatic heterocycles. The summed E-state index contributed by atoms with van der Waals surface area (Å²) >= 11 is 12.2. The summed E-state index contributed by atoms with van der Waals surface area (Å²) in [5.41, 5.74) is 2.46. The summed E-state index contributed by atoms with van der Waals surface area (Å²) in [6.45, 7) is 2.37. The van der Waals surface area contributed by atoms with Crippen molar-refractivity contribution in [2.24, 2.45) is 0 Å². The molecular weight excluding hydrogens is 431 g/mol. The molecule has 4 nitrogen and oxygen atoms in total. The van der Waals surface area contributed by atoms with E-state index >= 15 is 0 Å². The molecule has 160 valence electrons. The molecule has 0 saturated heterocycles. The first-order chi connectivity index (χ1) is 15.0. The van der Waals surface area contributed by atoms with E-state index in [0.717, 1.165) is 16.7 Å². The number of benzene rings is 3. The second kappa shape index (κ2) is 11.0. The normalized spacial score (nSPS) is 11.6. The predicted octanol–water partition coefficient (Wildman–Crippen LogP) is 5.79. The lowest BCUT2D eigenvalue weighted by Gasteiger charge is -2.31. The van der Waals surface area contributed by atoms with Crippen LogP contribution in [0.1, 0.15) is 36.1 Å². The first kappa shape index (κ1) is 22.9. The molecule has 3 rings (SSSR count). The third-order valence-electron chi connectivity index (χ3n) is 4.96. The van der Waals surface area contributed by atoms with Gasteiger partial charge < -0.3 is 10.2 Å². The Morgan fingerprint density at radius 1 is 0.935 bits per heavy atom. The van der Waals surface area contributed by atoms with Crippen LogP contribution in [0, 0.1) is 0 Å². The SMILES string of the molecule is CCC(=O)N(Cc1ccccc1)[C@H](C(=O)NCc1ccc(Cl)cc1Cl)c1ccccc1. The maximum atomic E-state index is 13.4.